The van der Waals surface area contributed by atoms with Gasteiger partial charge in [0, 0.05) is 48.3 Å². The van der Waals surface area contributed by atoms with Crippen molar-refractivity contribution in [2.24, 2.45) is 0 Å². The van der Waals surface area contributed by atoms with Gasteiger partial charge in [0.15, 0.2) is 0 Å². The van der Waals surface area contributed by atoms with E-state index in [1.165, 1.54) is 0 Å². The van der Waals surface area contributed by atoms with E-state index in [1.807, 2.05) is 83.4 Å². The van der Waals surface area contributed by atoms with Gasteiger partial charge >= 0.3 is 0 Å². The smallest absolute Gasteiger partial charge is 0.268 e. The zero-order valence-corrected chi connectivity index (χ0v) is 36.5. The Kier molecular flexibility index (Phi) is 8.51. The molecule has 0 saturated heterocycles. The molecule has 0 atom stereocenters. The van der Waals surface area contributed by atoms with E-state index >= 15 is 0 Å². The summed E-state index contributed by atoms with van der Waals surface area (Å²) in [6.45, 7) is 4.20. The second-order valence-corrected chi connectivity index (χ2v) is 16.6. The number of fused-ring (bicyclic) bond motifs is 5. The number of imidazole rings is 1. The van der Waals surface area contributed by atoms with E-state index in [1.54, 1.807) is 12.3 Å². The predicted octanol–water partition coefficient (Wildman–Crippen LogP) is 13.1. The Hall–Kier alpha value is -6.81. The summed E-state index contributed by atoms with van der Waals surface area (Å²) in [4.78, 5) is 4.74. The molecule has 4 heterocycles. The van der Waals surface area contributed by atoms with E-state index in [9.17, 15) is 0 Å². The van der Waals surface area contributed by atoms with E-state index in [0.717, 1.165) is 83.2 Å². The van der Waals surface area contributed by atoms with Crippen LogP contribution in [0, 0.1) is 25.3 Å². The molecule has 0 spiro atoms. The molecule has 7 aromatic carbocycles. The maximum Gasteiger partial charge on any atom is 0.268 e. The third-order valence-corrected chi connectivity index (χ3v) is 11.6. The van der Waals surface area contributed by atoms with Crippen LogP contribution in [0.25, 0.3) is 83.3 Å². The Bertz CT molecular complexity index is 3690. The van der Waals surface area contributed by atoms with Crippen LogP contribution in [0.5, 0.6) is 0 Å². The Labute approximate surface area is 382 Å². The van der Waals surface area contributed by atoms with Gasteiger partial charge in [-0.15, -0.1) is 5.39 Å². The van der Waals surface area contributed by atoms with Crippen LogP contribution in [0.2, 0.25) is 0 Å². The molecule has 0 bridgehead atoms. The molecule has 5 nitrogen and oxygen atoms in total. The van der Waals surface area contributed by atoms with Gasteiger partial charge in [0.25, 0.3) is 6.33 Å². The summed E-state index contributed by atoms with van der Waals surface area (Å²) in [6, 6.07) is 58.0. The summed E-state index contributed by atoms with van der Waals surface area (Å²) >= 11 is 0. The van der Waals surface area contributed by atoms with Crippen molar-refractivity contribution in [1.82, 2.24) is 14.1 Å². The van der Waals surface area contributed by atoms with E-state index in [0.29, 0.717) is 23.2 Å². The largest absolute Gasteiger partial charge is 0.464 e. The number of hydrogen-bond acceptors (Lipinski definition) is 2. The molecule has 0 aliphatic heterocycles. The molecule has 0 radical (unpaired) electrons. The number of pyridine rings is 1. The summed E-state index contributed by atoms with van der Waals surface area (Å²) in [6.07, 6.45) is 5.69. The van der Waals surface area contributed by atoms with Crippen molar-refractivity contribution in [2.75, 3.05) is 0 Å². The average Bonchev–Trinajstić information content (AvgIpc) is 3.96. The van der Waals surface area contributed by atoms with Crippen LogP contribution in [0.1, 0.15) is 49.9 Å². The fourth-order valence-corrected chi connectivity index (χ4v) is 8.57. The average molecular weight is 987 g/mol. The van der Waals surface area contributed by atoms with E-state index < -0.39 is 6.85 Å². The quantitative estimate of drug-likeness (QED) is 0.118. The third-order valence-electron chi connectivity index (χ3n) is 11.6. The number of para-hydroxylation sites is 3. The first-order valence-corrected chi connectivity index (χ1v) is 20.4. The van der Waals surface area contributed by atoms with Crippen LogP contribution in [0.4, 0.5) is 0 Å². The fraction of sp³-hybridized carbons (Fsp3) is 0.107. The van der Waals surface area contributed by atoms with Crippen LogP contribution >= 0.6 is 0 Å². The maximum atomic E-state index is 8.59. The molecule has 0 unspecified atom stereocenters. The SMILES string of the molecule is [2H]c1oc2cc(-n3c4[c-]c(Cc5[c-]c(-n6[c-][n+](-c7c(-c8ccccc8)cc(C([2H])([2H])[2H])cc7-c7cccc(C(C)(C)C)c7)c7ccccc76)ccc5)ccc4c4ccccc43)ncc2c1[2H].[Pt]. The van der Waals surface area contributed by atoms with Crippen molar-refractivity contribution in [3.8, 4) is 39.4 Å². The Morgan fingerprint density at radius 2 is 1.47 bits per heavy atom. The van der Waals surface area contributed by atoms with Gasteiger partial charge in [-0.25, -0.2) is 4.98 Å². The number of aryl methyl sites for hydroxylation is 1. The molecule has 11 aromatic rings. The monoisotopic (exact) mass is 986 g/mol. The number of nitrogens with zero attached hydrogens (tertiary/aromatic N) is 4. The molecular formula is C56H42N4OPt-2. The number of furan rings is 1. The molecule has 0 aliphatic rings. The topological polar surface area (TPSA) is 39.8 Å². The normalized spacial score (nSPS) is 13.2. The van der Waals surface area contributed by atoms with Gasteiger partial charge < -0.3 is 13.6 Å². The van der Waals surface area contributed by atoms with Crippen LogP contribution in [-0.4, -0.2) is 14.1 Å². The van der Waals surface area contributed by atoms with Gasteiger partial charge in [-0.2, -0.15) is 53.6 Å². The molecule has 0 amide bonds. The Morgan fingerprint density at radius 1 is 0.726 bits per heavy atom. The molecule has 6 heteroatoms. The van der Waals surface area contributed by atoms with Crippen LogP contribution in [-0.2, 0) is 32.9 Å². The number of hydrogen-bond donors (Lipinski definition) is 0. The first-order chi connectivity index (χ1) is 31.8. The van der Waals surface area contributed by atoms with Crippen molar-refractivity contribution >= 4 is 43.8 Å². The maximum absolute atomic E-state index is 8.59. The molecular weight excluding hydrogens is 940 g/mol. The summed E-state index contributed by atoms with van der Waals surface area (Å²) in [5.74, 6) is 0.612. The summed E-state index contributed by atoms with van der Waals surface area (Å²) in [5, 5.41) is 2.58. The second-order valence-electron chi connectivity index (χ2n) is 16.6. The minimum atomic E-state index is -2.35. The first-order valence-electron chi connectivity index (χ1n) is 22.9. The molecule has 0 saturated carbocycles. The summed E-state index contributed by atoms with van der Waals surface area (Å²) in [5.41, 5.74) is 12.3. The molecule has 4 aromatic heterocycles. The zero-order valence-electron chi connectivity index (χ0n) is 39.2. The van der Waals surface area contributed by atoms with E-state index in [2.05, 4.69) is 115 Å². The molecule has 62 heavy (non-hydrogen) atoms. The van der Waals surface area contributed by atoms with Gasteiger partial charge in [0.1, 0.15) is 12.8 Å². The molecule has 0 N–H and O–H groups in total. The Balaban J connectivity index is 0.00000525. The van der Waals surface area contributed by atoms with Crippen molar-refractivity contribution in [3.63, 3.8) is 0 Å². The first kappa shape index (κ1) is 33.9. The van der Waals surface area contributed by atoms with E-state index in [4.69, 9.17) is 16.3 Å². The molecule has 304 valence electrons. The van der Waals surface area contributed by atoms with Crippen molar-refractivity contribution in [3.05, 3.63) is 211 Å². The van der Waals surface area contributed by atoms with Crippen molar-refractivity contribution in [1.29, 1.82) is 0 Å². The second kappa shape index (κ2) is 15.6. The predicted molar refractivity (Wildman–Crippen MR) is 247 cm³/mol. The van der Waals surface area contributed by atoms with Gasteiger partial charge in [-0.3, -0.25) is 4.57 Å². The summed E-state index contributed by atoms with van der Waals surface area (Å²) < 4.78 is 53.9. The Morgan fingerprint density at radius 3 is 2.31 bits per heavy atom. The standard InChI is InChI=1S/C56H42N4O.Pt/c1-37-28-47(40-15-6-5-7-16-40)55(48(29-37)41-17-13-18-43(33-41)56(2,3)4)59-36-58(50-22-10-11-23-51(50)59)44-19-12-14-38(31-44)30-39-24-25-46-45-20-8-9-21-49(45)60(52(46)32-39)54-34-53-42(35-57-54)26-27-61-53;/h5-29,33-35H,30H2,1-4H3;/q-2;/i1D3,26D,27D;. The molecule has 11 rings (SSSR count). The van der Waals surface area contributed by atoms with Crippen LogP contribution < -0.4 is 4.57 Å². The molecule has 0 fully saturated rings. The van der Waals surface area contributed by atoms with Gasteiger partial charge in [-0.1, -0.05) is 141 Å². The minimum absolute atomic E-state index is 0. The minimum Gasteiger partial charge on any atom is -0.464 e. The van der Waals surface area contributed by atoms with E-state index in [-0.39, 0.29) is 44.3 Å². The van der Waals surface area contributed by atoms with Crippen LogP contribution in [0.3, 0.4) is 0 Å². The number of rotatable bonds is 7. The van der Waals surface area contributed by atoms with Gasteiger partial charge in [0.2, 0.25) is 0 Å². The fourth-order valence-electron chi connectivity index (χ4n) is 8.57. The van der Waals surface area contributed by atoms with Crippen molar-refractivity contribution < 1.29 is 36.9 Å². The summed E-state index contributed by atoms with van der Waals surface area (Å²) in [7, 11) is 0. The van der Waals surface area contributed by atoms with Crippen molar-refractivity contribution in [2.45, 2.75) is 39.5 Å². The van der Waals surface area contributed by atoms with Gasteiger partial charge in [-0.05, 0) is 69.7 Å². The zero-order chi connectivity index (χ0) is 45.5. The number of benzene rings is 7. The van der Waals surface area contributed by atoms with Gasteiger partial charge in [0.05, 0.1) is 24.3 Å². The van der Waals surface area contributed by atoms with Crippen LogP contribution in [0.15, 0.2) is 175 Å². The third kappa shape index (κ3) is 6.87. The number of aromatic nitrogens is 4. The molecule has 0 aliphatic carbocycles.